The Balaban J connectivity index is 2.11. The van der Waals surface area contributed by atoms with Crippen LogP contribution in [0.25, 0.3) is 0 Å². The Morgan fingerprint density at radius 1 is 1.32 bits per heavy atom. The number of morpholine rings is 1. The van der Waals surface area contributed by atoms with Crippen LogP contribution in [0.15, 0.2) is 29.3 Å². The molecule has 19 heavy (non-hydrogen) atoms. The number of rotatable bonds is 4. The predicted octanol–water partition coefficient (Wildman–Crippen LogP) is 2.76. The molecule has 1 saturated heterocycles. The van der Waals surface area contributed by atoms with Gasteiger partial charge in [-0.3, -0.25) is 4.99 Å². The average Bonchev–Trinajstić information content (AvgIpc) is 2.46. The summed E-state index contributed by atoms with van der Waals surface area (Å²) in [6.07, 6.45) is 1.07. The third kappa shape index (κ3) is 3.96. The zero-order valence-corrected chi connectivity index (χ0v) is 11.9. The lowest BCUT2D eigenvalue weighted by molar-refractivity contribution is 0.123. The van der Waals surface area contributed by atoms with E-state index >= 15 is 0 Å². The topological polar surface area (TPSA) is 36.9 Å². The van der Waals surface area contributed by atoms with Gasteiger partial charge in [0.1, 0.15) is 0 Å². The van der Waals surface area contributed by atoms with Gasteiger partial charge in [0.15, 0.2) is 0 Å². The molecule has 0 aromatic heterocycles. The first-order valence-corrected chi connectivity index (χ1v) is 7.01. The van der Waals surface area contributed by atoms with E-state index < -0.39 is 0 Å². The molecule has 1 aromatic rings. The first-order chi connectivity index (χ1) is 9.31. The van der Waals surface area contributed by atoms with E-state index in [0.29, 0.717) is 0 Å². The van der Waals surface area contributed by atoms with Crippen LogP contribution in [-0.2, 0) is 4.74 Å². The Bertz CT molecular complexity index is 425. The molecule has 0 aliphatic carbocycles. The Morgan fingerprint density at radius 2 is 2.05 bits per heavy atom. The molecule has 0 unspecified atom stereocenters. The summed E-state index contributed by atoms with van der Waals surface area (Å²) in [6.45, 7) is 8.53. The number of hydrogen-bond acceptors (Lipinski definition) is 3. The maximum atomic E-state index is 5.41. The van der Waals surface area contributed by atoms with Gasteiger partial charge in [-0.05, 0) is 25.5 Å². The summed E-state index contributed by atoms with van der Waals surface area (Å²) in [5, 5.41) is 3.41. The first kappa shape index (κ1) is 13.9. The fourth-order valence-electron chi connectivity index (χ4n) is 2.17. The minimum Gasteiger partial charge on any atom is -0.378 e. The minimum atomic E-state index is 0.803. The number of hydrogen-bond donors (Lipinski definition) is 1. The maximum absolute atomic E-state index is 5.41. The quantitative estimate of drug-likeness (QED) is 0.669. The van der Waals surface area contributed by atoms with Crippen LogP contribution in [0, 0.1) is 0 Å². The summed E-state index contributed by atoms with van der Waals surface area (Å²) in [7, 11) is 0. The van der Waals surface area contributed by atoms with Gasteiger partial charge < -0.3 is 15.0 Å². The van der Waals surface area contributed by atoms with Crippen molar-refractivity contribution < 1.29 is 4.74 Å². The fourth-order valence-corrected chi connectivity index (χ4v) is 2.17. The molecule has 4 heteroatoms. The Labute approximate surface area is 115 Å². The maximum Gasteiger partial charge on any atom is 0.0976 e. The van der Waals surface area contributed by atoms with E-state index in [1.165, 1.54) is 5.69 Å². The fraction of sp³-hybridized carbons (Fsp3) is 0.533. The van der Waals surface area contributed by atoms with E-state index in [1.54, 1.807) is 0 Å². The molecule has 1 aromatic carbocycles. The first-order valence-electron chi connectivity index (χ1n) is 7.01. The van der Waals surface area contributed by atoms with Crippen LogP contribution in [0.4, 0.5) is 11.4 Å². The van der Waals surface area contributed by atoms with Gasteiger partial charge >= 0.3 is 0 Å². The Morgan fingerprint density at radius 3 is 2.79 bits per heavy atom. The van der Waals surface area contributed by atoms with Crippen LogP contribution in [0.5, 0.6) is 0 Å². The van der Waals surface area contributed by atoms with E-state index in [-0.39, 0.29) is 0 Å². The van der Waals surface area contributed by atoms with Crippen molar-refractivity contribution >= 4 is 17.2 Å². The predicted molar refractivity (Wildman–Crippen MR) is 81.4 cm³/mol. The van der Waals surface area contributed by atoms with Crippen LogP contribution in [-0.4, -0.2) is 38.7 Å². The lowest BCUT2D eigenvalue weighted by Crippen LogP contribution is -2.36. The molecule has 1 N–H and O–H groups in total. The molecule has 0 amide bonds. The summed E-state index contributed by atoms with van der Waals surface area (Å²) >= 11 is 0. The van der Waals surface area contributed by atoms with Gasteiger partial charge in [0.05, 0.1) is 30.4 Å². The van der Waals surface area contributed by atoms with Gasteiger partial charge in [-0.15, -0.1) is 0 Å². The minimum absolute atomic E-state index is 0.803. The molecule has 2 rings (SSSR count). The number of nitrogens with one attached hydrogen (secondary N) is 1. The Hall–Kier alpha value is -1.55. The third-order valence-electron chi connectivity index (χ3n) is 3.14. The number of nitrogens with zero attached hydrogens (tertiary/aromatic N) is 2. The van der Waals surface area contributed by atoms with Crippen molar-refractivity contribution in [1.82, 2.24) is 0 Å². The van der Waals surface area contributed by atoms with Gasteiger partial charge in [0, 0.05) is 19.6 Å². The second-order valence-corrected chi connectivity index (χ2v) is 4.71. The molecule has 4 nitrogen and oxygen atoms in total. The molecule has 1 heterocycles. The van der Waals surface area contributed by atoms with Crippen LogP contribution in [0.1, 0.15) is 20.3 Å². The van der Waals surface area contributed by atoms with Crippen LogP contribution >= 0.6 is 0 Å². The van der Waals surface area contributed by atoms with E-state index in [1.807, 2.05) is 6.92 Å². The zero-order valence-electron chi connectivity index (χ0n) is 11.9. The molecule has 1 aliphatic heterocycles. The second kappa shape index (κ2) is 7.14. The summed E-state index contributed by atoms with van der Waals surface area (Å²) in [5.41, 5.74) is 2.36. The third-order valence-corrected chi connectivity index (χ3v) is 3.14. The van der Waals surface area contributed by atoms with Gasteiger partial charge in [-0.25, -0.2) is 0 Å². The molecule has 0 radical (unpaired) electrons. The number of amidine groups is 1. The van der Waals surface area contributed by atoms with Crippen LogP contribution in [0.2, 0.25) is 0 Å². The number of ether oxygens (including phenoxy) is 1. The number of benzene rings is 1. The standard InChI is InChI=1S/C15H23N3O/c1-3-8-16-13(2)17-14-6-4-5-7-15(14)18-9-11-19-12-10-18/h4-7H,3,8-12H2,1-2H3,(H,16,17). The van der Waals surface area contributed by atoms with E-state index in [4.69, 9.17) is 4.74 Å². The van der Waals surface area contributed by atoms with E-state index in [9.17, 15) is 0 Å². The SMILES string of the molecule is CCCN=C(C)Nc1ccccc1N1CCOCC1. The lowest BCUT2D eigenvalue weighted by Gasteiger charge is -2.30. The van der Waals surface area contributed by atoms with Gasteiger partial charge in [0.25, 0.3) is 0 Å². The highest BCUT2D eigenvalue weighted by atomic mass is 16.5. The highest BCUT2D eigenvalue weighted by molar-refractivity contribution is 5.96. The van der Waals surface area contributed by atoms with Crippen molar-refractivity contribution in [3.63, 3.8) is 0 Å². The van der Waals surface area contributed by atoms with E-state index in [2.05, 4.69) is 46.4 Å². The summed E-state index contributed by atoms with van der Waals surface area (Å²) in [5.74, 6) is 0.975. The monoisotopic (exact) mass is 261 g/mol. The Kier molecular flexibility index (Phi) is 5.21. The normalized spacial score (nSPS) is 16.5. The van der Waals surface area contributed by atoms with Crippen molar-refractivity contribution in [1.29, 1.82) is 0 Å². The molecular formula is C15H23N3O. The lowest BCUT2D eigenvalue weighted by atomic mass is 10.2. The van der Waals surface area contributed by atoms with Crippen molar-refractivity contribution in [3.8, 4) is 0 Å². The molecular weight excluding hydrogens is 238 g/mol. The molecule has 0 atom stereocenters. The van der Waals surface area contributed by atoms with Gasteiger partial charge in [0.2, 0.25) is 0 Å². The highest BCUT2D eigenvalue weighted by Gasteiger charge is 2.14. The van der Waals surface area contributed by atoms with Crippen molar-refractivity contribution in [2.45, 2.75) is 20.3 Å². The molecule has 104 valence electrons. The average molecular weight is 261 g/mol. The summed E-state index contributed by atoms with van der Waals surface area (Å²) in [4.78, 5) is 6.85. The summed E-state index contributed by atoms with van der Waals surface area (Å²) < 4.78 is 5.41. The number of para-hydroxylation sites is 2. The molecule has 0 saturated carbocycles. The van der Waals surface area contributed by atoms with Crippen molar-refractivity contribution in [2.75, 3.05) is 43.1 Å². The van der Waals surface area contributed by atoms with Crippen LogP contribution in [0.3, 0.4) is 0 Å². The van der Waals surface area contributed by atoms with Crippen LogP contribution < -0.4 is 10.2 Å². The molecule has 0 spiro atoms. The summed E-state index contributed by atoms with van der Waals surface area (Å²) in [6, 6.07) is 8.39. The van der Waals surface area contributed by atoms with Crippen molar-refractivity contribution in [2.24, 2.45) is 4.99 Å². The highest BCUT2D eigenvalue weighted by Crippen LogP contribution is 2.26. The van der Waals surface area contributed by atoms with Gasteiger partial charge in [-0.2, -0.15) is 0 Å². The number of aliphatic imine (C=N–C) groups is 1. The van der Waals surface area contributed by atoms with Gasteiger partial charge in [-0.1, -0.05) is 19.1 Å². The zero-order chi connectivity index (χ0) is 13.5. The molecule has 1 aliphatic rings. The number of anilines is 2. The largest absolute Gasteiger partial charge is 0.378 e. The van der Waals surface area contributed by atoms with E-state index in [0.717, 1.165) is 50.8 Å². The smallest absolute Gasteiger partial charge is 0.0976 e. The molecule has 0 bridgehead atoms. The molecule has 1 fully saturated rings. The van der Waals surface area contributed by atoms with Crippen molar-refractivity contribution in [3.05, 3.63) is 24.3 Å². The second-order valence-electron chi connectivity index (χ2n) is 4.71.